The molecule has 0 saturated carbocycles. The van der Waals surface area contributed by atoms with Gasteiger partial charge in [-0.15, -0.1) is 0 Å². The maximum Gasteiger partial charge on any atom is 0.232 e. The second-order valence-electron chi connectivity index (χ2n) is 4.43. The van der Waals surface area contributed by atoms with E-state index < -0.39 is 11.6 Å². The van der Waals surface area contributed by atoms with Crippen molar-refractivity contribution >= 4 is 5.78 Å². The van der Waals surface area contributed by atoms with Gasteiger partial charge in [0.05, 0.1) is 5.56 Å². The molecule has 94 valence electrons. The largest absolute Gasteiger partial charge is 0.285 e. The Kier molecular flexibility index (Phi) is 3.23. The highest BCUT2D eigenvalue weighted by Gasteiger charge is 2.20. The topological polar surface area (TPSA) is 47.8 Å². The Morgan fingerprint density at radius 3 is 2.78 bits per heavy atom. The number of nitrogens with zero attached hydrogens (tertiary/aromatic N) is 3. The number of ketones is 1. The Labute approximate surface area is 104 Å². The van der Waals surface area contributed by atoms with Crippen LogP contribution in [0.3, 0.4) is 0 Å². The summed E-state index contributed by atoms with van der Waals surface area (Å²) in [7, 11) is 0. The number of rotatable bonds is 3. The smallest absolute Gasteiger partial charge is 0.232 e. The molecule has 0 atom stereocenters. The van der Waals surface area contributed by atoms with Gasteiger partial charge in [-0.1, -0.05) is 11.6 Å². The second kappa shape index (κ2) is 4.68. The molecule has 0 amide bonds. The molecule has 0 aliphatic carbocycles. The van der Waals surface area contributed by atoms with E-state index in [1.54, 1.807) is 6.07 Å². The van der Waals surface area contributed by atoms with E-state index in [0.29, 0.717) is 0 Å². The fourth-order valence-electron chi connectivity index (χ4n) is 1.72. The molecule has 0 spiro atoms. The van der Waals surface area contributed by atoms with E-state index in [2.05, 4.69) is 10.1 Å². The summed E-state index contributed by atoms with van der Waals surface area (Å²) in [6.07, 6.45) is 1.31. The van der Waals surface area contributed by atoms with Crippen LogP contribution in [-0.2, 0) is 0 Å². The summed E-state index contributed by atoms with van der Waals surface area (Å²) in [6.45, 7) is 5.58. The third-order valence-corrected chi connectivity index (χ3v) is 2.63. The van der Waals surface area contributed by atoms with Crippen LogP contribution in [-0.4, -0.2) is 20.5 Å². The molecule has 0 unspecified atom stereocenters. The lowest BCUT2D eigenvalue weighted by Crippen LogP contribution is -2.15. The van der Waals surface area contributed by atoms with Crippen molar-refractivity contribution in [1.82, 2.24) is 14.8 Å². The Balaban J connectivity index is 2.48. The Morgan fingerprint density at radius 2 is 2.11 bits per heavy atom. The highest BCUT2D eigenvalue weighted by molar-refractivity contribution is 6.06. The van der Waals surface area contributed by atoms with Crippen LogP contribution in [0.25, 0.3) is 0 Å². The van der Waals surface area contributed by atoms with Crippen molar-refractivity contribution in [2.75, 3.05) is 0 Å². The van der Waals surface area contributed by atoms with Gasteiger partial charge >= 0.3 is 0 Å². The van der Waals surface area contributed by atoms with Crippen molar-refractivity contribution in [1.29, 1.82) is 0 Å². The fraction of sp³-hybridized carbons (Fsp3) is 0.308. The first kappa shape index (κ1) is 12.4. The highest BCUT2D eigenvalue weighted by atomic mass is 19.1. The van der Waals surface area contributed by atoms with E-state index in [-0.39, 0.29) is 17.4 Å². The van der Waals surface area contributed by atoms with Crippen molar-refractivity contribution in [2.24, 2.45) is 0 Å². The molecule has 1 heterocycles. The van der Waals surface area contributed by atoms with Crippen LogP contribution in [0.5, 0.6) is 0 Å². The molecule has 18 heavy (non-hydrogen) atoms. The molecule has 5 heteroatoms. The minimum absolute atomic E-state index is 0.000629. The number of benzene rings is 1. The maximum absolute atomic E-state index is 13.7. The van der Waals surface area contributed by atoms with Crippen molar-refractivity contribution in [3.63, 3.8) is 0 Å². The predicted octanol–water partition coefficient (Wildman–Crippen LogP) is 2.54. The standard InChI is InChI=1S/C13H14FN3O/c1-8(2)17-13(15-7-16-17)12(18)10-6-9(3)4-5-11(10)14/h4-8H,1-3H3. The average molecular weight is 247 g/mol. The first-order valence-corrected chi connectivity index (χ1v) is 5.71. The van der Waals surface area contributed by atoms with Crippen LogP contribution >= 0.6 is 0 Å². The first-order chi connectivity index (χ1) is 8.50. The number of aryl methyl sites for hydroxylation is 1. The molecular formula is C13H14FN3O. The summed E-state index contributed by atoms with van der Waals surface area (Å²) in [4.78, 5) is 16.2. The normalized spacial score (nSPS) is 10.9. The summed E-state index contributed by atoms with van der Waals surface area (Å²) in [6, 6.07) is 4.44. The van der Waals surface area contributed by atoms with Gasteiger partial charge in [0.1, 0.15) is 12.1 Å². The van der Waals surface area contributed by atoms with Gasteiger partial charge in [0.25, 0.3) is 0 Å². The zero-order chi connectivity index (χ0) is 13.3. The van der Waals surface area contributed by atoms with Gasteiger partial charge < -0.3 is 0 Å². The molecule has 1 aromatic carbocycles. The minimum atomic E-state index is -0.538. The van der Waals surface area contributed by atoms with Gasteiger partial charge in [-0.05, 0) is 32.9 Å². The lowest BCUT2D eigenvalue weighted by molar-refractivity contribution is 0.101. The molecule has 0 saturated heterocycles. The fourth-order valence-corrected chi connectivity index (χ4v) is 1.72. The molecule has 0 fully saturated rings. The lowest BCUT2D eigenvalue weighted by atomic mass is 10.1. The van der Waals surface area contributed by atoms with Crippen molar-refractivity contribution in [3.8, 4) is 0 Å². The molecule has 2 rings (SSSR count). The monoisotopic (exact) mass is 247 g/mol. The molecule has 0 aliphatic rings. The van der Waals surface area contributed by atoms with Crippen LogP contribution in [0.1, 0.15) is 41.6 Å². The first-order valence-electron chi connectivity index (χ1n) is 5.71. The molecular weight excluding hydrogens is 233 g/mol. The van der Waals surface area contributed by atoms with Crippen LogP contribution in [0.15, 0.2) is 24.5 Å². The summed E-state index contributed by atoms with van der Waals surface area (Å²) in [5.74, 6) is -0.819. The van der Waals surface area contributed by atoms with Gasteiger partial charge in [0.15, 0.2) is 5.82 Å². The minimum Gasteiger partial charge on any atom is -0.285 e. The molecule has 0 N–H and O–H groups in total. The SMILES string of the molecule is Cc1ccc(F)c(C(=O)c2ncnn2C(C)C)c1. The zero-order valence-corrected chi connectivity index (χ0v) is 10.5. The number of aromatic nitrogens is 3. The summed E-state index contributed by atoms with van der Waals surface area (Å²) < 4.78 is 15.2. The van der Waals surface area contributed by atoms with Crippen LogP contribution in [0.4, 0.5) is 4.39 Å². The van der Waals surface area contributed by atoms with Crippen molar-refractivity contribution in [3.05, 3.63) is 47.3 Å². The lowest BCUT2D eigenvalue weighted by Gasteiger charge is -2.09. The number of carbonyl (C=O) groups is 1. The van der Waals surface area contributed by atoms with E-state index in [1.165, 1.54) is 23.1 Å². The zero-order valence-electron chi connectivity index (χ0n) is 10.5. The number of hydrogen-bond donors (Lipinski definition) is 0. The predicted molar refractivity (Wildman–Crippen MR) is 65.0 cm³/mol. The number of hydrogen-bond acceptors (Lipinski definition) is 3. The van der Waals surface area contributed by atoms with Gasteiger partial charge in [-0.3, -0.25) is 4.79 Å². The molecule has 4 nitrogen and oxygen atoms in total. The van der Waals surface area contributed by atoms with Crippen LogP contribution in [0, 0.1) is 12.7 Å². The Bertz CT molecular complexity index is 590. The van der Waals surface area contributed by atoms with E-state index >= 15 is 0 Å². The third-order valence-electron chi connectivity index (χ3n) is 2.63. The number of halogens is 1. The van der Waals surface area contributed by atoms with E-state index in [9.17, 15) is 9.18 Å². The van der Waals surface area contributed by atoms with Gasteiger partial charge in [0.2, 0.25) is 5.78 Å². The maximum atomic E-state index is 13.7. The van der Waals surface area contributed by atoms with Crippen LogP contribution in [0.2, 0.25) is 0 Å². The van der Waals surface area contributed by atoms with Crippen LogP contribution < -0.4 is 0 Å². The molecule has 2 aromatic rings. The summed E-state index contributed by atoms with van der Waals surface area (Å²) in [5.41, 5.74) is 0.861. The molecule has 0 bridgehead atoms. The molecule has 0 radical (unpaired) electrons. The number of carbonyl (C=O) groups excluding carboxylic acids is 1. The third kappa shape index (κ3) is 2.16. The quantitative estimate of drug-likeness (QED) is 0.783. The van der Waals surface area contributed by atoms with E-state index in [1.807, 2.05) is 20.8 Å². The average Bonchev–Trinajstić information content (AvgIpc) is 2.80. The highest BCUT2D eigenvalue weighted by Crippen LogP contribution is 2.15. The van der Waals surface area contributed by atoms with E-state index in [0.717, 1.165) is 5.56 Å². The van der Waals surface area contributed by atoms with Crippen molar-refractivity contribution in [2.45, 2.75) is 26.8 Å². The Hall–Kier alpha value is -2.04. The molecule has 0 aliphatic heterocycles. The summed E-state index contributed by atoms with van der Waals surface area (Å²) >= 11 is 0. The van der Waals surface area contributed by atoms with Crippen molar-refractivity contribution < 1.29 is 9.18 Å². The second-order valence-corrected chi connectivity index (χ2v) is 4.43. The van der Waals surface area contributed by atoms with Gasteiger partial charge in [0, 0.05) is 6.04 Å². The summed E-state index contributed by atoms with van der Waals surface area (Å²) in [5, 5.41) is 3.98. The van der Waals surface area contributed by atoms with E-state index in [4.69, 9.17) is 0 Å². The Morgan fingerprint density at radius 1 is 1.39 bits per heavy atom. The van der Waals surface area contributed by atoms with Gasteiger partial charge in [-0.2, -0.15) is 5.10 Å². The van der Waals surface area contributed by atoms with Gasteiger partial charge in [-0.25, -0.2) is 14.1 Å². The molecule has 1 aromatic heterocycles.